The molecule has 0 saturated carbocycles. The number of nitrogens with one attached hydrogen (secondary N) is 1. The van der Waals surface area contributed by atoms with Crippen molar-refractivity contribution in [2.45, 2.75) is 64.6 Å². The van der Waals surface area contributed by atoms with Crippen LogP contribution in [0, 0.1) is 0 Å². The standard InChI is InChI=1S/C39H42N2O8/c1-39(2,3)49-38(45)41-22-10-15-33(32(24-41)40-36(43)29-16-19-31(42)20-17-29)48-37(44)30-18-21-34(46-25-27-11-6-4-7-12-27)35(23-30)47-26-28-13-8-5-9-14-28/h4-9,11-14,16-21,23,32-33,42H,10,15,22,24-26H2,1-3H3,(H,40,43)/t32-,33-/m1/s1. The van der Waals surface area contributed by atoms with E-state index < -0.39 is 35.7 Å². The van der Waals surface area contributed by atoms with Gasteiger partial charge in [-0.1, -0.05) is 60.7 Å². The van der Waals surface area contributed by atoms with Crippen LogP contribution in [0.3, 0.4) is 0 Å². The second-order valence-electron chi connectivity index (χ2n) is 12.8. The van der Waals surface area contributed by atoms with Gasteiger partial charge in [-0.15, -0.1) is 0 Å². The van der Waals surface area contributed by atoms with E-state index >= 15 is 0 Å². The molecule has 0 aliphatic carbocycles. The summed E-state index contributed by atoms with van der Waals surface area (Å²) in [5.74, 6) is -0.175. The van der Waals surface area contributed by atoms with Crippen molar-refractivity contribution in [3.63, 3.8) is 0 Å². The van der Waals surface area contributed by atoms with E-state index in [1.54, 1.807) is 39.0 Å². The second kappa shape index (κ2) is 16.1. The molecule has 10 nitrogen and oxygen atoms in total. The van der Waals surface area contributed by atoms with Crippen LogP contribution >= 0.6 is 0 Å². The molecule has 0 aromatic heterocycles. The first-order valence-corrected chi connectivity index (χ1v) is 16.3. The van der Waals surface area contributed by atoms with E-state index in [1.807, 2.05) is 60.7 Å². The third-order valence-electron chi connectivity index (χ3n) is 7.79. The number of benzene rings is 4. The summed E-state index contributed by atoms with van der Waals surface area (Å²) in [4.78, 5) is 41.6. The van der Waals surface area contributed by atoms with Crippen LogP contribution in [0.4, 0.5) is 4.79 Å². The van der Waals surface area contributed by atoms with Gasteiger partial charge in [0, 0.05) is 18.7 Å². The SMILES string of the molecule is CC(C)(C)OC(=O)N1CCC[C@@H](OC(=O)c2ccc(OCc3ccccc3)c(OCc3ccccc3)c2)[C@H](NC(=O)c2ccc(O)cc2)C1. The number of hydrogen-bond donors (Lipinski definition) is 2. The maximum atomic E-state index is 13.7. The summed E-state index contributed by atoms with van der Waals surface area (Å²) in [7, 11) is 0. The molecule has 4 aromatic carbocycles. The fraction of sp³-hybridized carbons (Fsp3) is 0.308. The monoisotopic (exact) mass is 666 g/mol. The van der Waals surface area contributed by atoms with Gasteiger partial charge in [0.25, 0.3) is 5.91 Å². The van der Waals surface area contributed by atoms with Gasteiger partial charge in [0.1, 0.15) is 30.7 Å². The maximum Gasteiger partial charge on any atom is 0.410 e. The van der Waals surface area contributed by atoms with Gasteiger partial charge < -0.3 is 34.3 Å². The van der Waals surface area contributed by atoms with Crippen LogP contribution in [-0.4, -0.2) is 58.8 Å². The van der Waals surface area contributed by atoms with E-state index in [-0.39, 0.29) is 24.5 Å². The highest BCUT2D eigenvalue weighted by atomic mass is 16.6. The minimum atomic E-state index is -0.760. The largest absolute Gasteiger partial charge is 0.508 e. The summed E-state index contributed by atoms with van der Waals surface area (Å²) in [6, 6.07) is 29.4. The number of carbonyl (C=O) groups is 3. The number of phenolic OH excluding ortho intramolecular Hbond substituents is 1. The molecule has 1 saturated heterocycles. The molecule has 49 heavy (non-hydrogen) atoms. The van der Waals surface area contributed by atoms with Gasteiger partial charge in [-0.2, -0.15) is 0 Å². The molecule has 2 N–H and O–H groups in total. The zero-order valence-electron chi connectivity index (χ0n) is 28.0. The summed E-state index contributed by atoms with van der Waals surface area (Å²) in [6.07, 6.45) is -0.375. The number of aromatic hydroxyl groups is 1. The first kappa shape index (κ1) is 34.8. The number of likely N-dealkylation sites (tertiary alicyclic amines) is 1. The average molecular weight is 667 g/mol. The maximum absolute atomic E-state index is 13.7. The molecule has 0 unspecified atom stereocenters. The number of amides is 2. The molecule has 0 bridgehead atoms. The number of hydrogen-bond acceptors (Lipinski definition) is 8. The number of carbonyl (C=O) groups excluding carboxylic acids is 3. The van der Waals surface area contributed by atoms with Crippen molar-refractivity contribution in [1.82, 2.24) is 10.2 Å². The van der Waals surface area contributed by atoms with Crippen molar-refractivity contribution in [3.8, 4) is 17.2 Å². The topological polar surface area (TPSA) is 124 Å². The Bertz CT molecular complexity index is 1710. The fourth-order valence-electron chi connectivity index (χ4n) is 5.31. The summed E-state index contributed by atoms with van der Waals surface area (Å²) in [5.41, 5.74) is 1.77. The van der Waals surface area contributed by atoms with Crippen LogP contribution < -0.4 is 14.8 Å². The summed E-state index contributed by atoms with van der Waals surface area (Å²) >= 11 is 0. The van der Waals surface area contributed by atoms with Crippen molar-refractivity contribution in [2.75, 3.05) is 13.1 Å². The molecule has 2 atom stereocenters. The Hall–Kier alpha value is -5.51. The van der Waals surface area contributed by atoms with Gasteiger partial charge in [-0.3, -0.25) is 4.79 Å². The van der Waals surface area contributed by atoms with E-state index in [1.165, 1.54) is 29.2 Å². The number of phenols is 1. The van der Waals surface area contributed by atoms with Crippen molar-refractivity contribution < 1.29 is 38.4 Å². The summed E-state index contributed by atoms with van der Waals surface area (Å²) in [5, 5.41) is 12.6. The van der Waals surface area contributed by atoms with E-state index in [0.717, 1.165) is 11.1 Å². The molecule has 1 aliphatic rings. The lowest BCUT2D eigenvalue weighted by molar-refractivity contribution is 0.0127. The Labute approximate surface area is 286 Å². The Morgan fingerprint density at radius 3 is 2.00 bits per heavy atom. The Morgan fingerprint density at radius 2 is 1.39 bits per heavy atom. The van der Waals surface area contributed by atoms with Gasteiger partial charge in [-0.25, -0.2) is 9.59 Å². The molecular weight excluding hydrogens is 624 g/mol. The lowest BCUT2D eigenvalue weighted by Gasteiger charge is -2.30. The molecule has 1 fully saturated rings. The minimum absolute atomic E-state index is 0.0255. The van der Waals surface area contributed by atoms with E-state index in [0.29, 0.717) is 43.1 Å². The first-order chi connectivity index (χ1) is 23.5. The van der Waals surface area contributed by atoms with Crippen LogP contribution in [-0.2, 0) is 22.7 Å². The van der Waals surface area contributed by atoms with Crippen molar-refractivity contribution in [2.24, 2.45) is 0 Å². The number of esters is 1. The van der Waals surface area contributed by atoms with Gasteiger partial charge in [-0.05, 0) is 87.2 Å². The molecule has 2 amide bonds. The van der Waals surface area contributed by atoms with E-state index in [2.05, 4.69) is 5.32 Å². The quantitative estimate of drug-likeness (QED) is 0.175. The van der Waals surface area contributed by atoms with Crippen molar-refractivity contribution in [3.05, 3.63) is 125 Å². The highest BCUT2D eigenvalue weighted by Gasteiger charge is 2.35. The molecule has 10 heteroatoms. The normalized spacial score (nSPS) is 16.2. The van der Waals surface area contributed by atoms with E-state index in [4.69, 9.17) is 18.9 Å². The average Bonchev–Trinajstić information content (AvgIpc) is 3.29. The van der Waals surface area contributed by atoms with Gasteiger partial charge in [0.15, 0.2) is 11.5 Å². The fourth-order valence-corrected chi connectivity index (χ4v) is 5.31. The van der Waals surface area contributed by atoms with Crippen LogP contribution in [0.1, 0.15) is 65.5 Å². The van der Waals surface area contributed by atoms with Gasteiger partial charge in [0.05, 0.1) is 11.6 Å². The summed E-state index contributed by atoms with van der Waals surface area (Å²) < 4.78 is 23.9. The molecular formula is C39H42N2O8. The lowest BCUT2D eigenvalue weighted by Crippen LogP contribution is -2.51. The first-order valence-electron chi connectivity index (χ1n) is 16.3. The minimum Gasteiger partial charge on any atom is -0.508 e. The zero-order valence-corrected chi connectivity index (χ0v) is 28.0. The third-order valence-corrected chi connectivity index (χ3v) is 7.79. The van der Waals surface area contributed by atoms with Crippen LogP contribution in [0.5, 0.6) is 17.2 Å². The van der Waals surface area contributed by atoms with Gasteiger partial charge >= 0.3 is 12.1 Å². The molecule has 0 radical (unpaired) electrons. The number of ether oxygens (including phenoxy) is 4. The third kappa shape index (κ3) is 10.2. The highest BCUT2D eigenvalue weighted by Crippen LogP contribution is 2.31. The highest BCUT2D eigenvalue weighted by molar-refractivity contribution is 5.94. The predicted molar refractivity (Wildman–Crippen MR) is 184 cm³/mol. The molecule has 5 rings (SSSR count). The smallest absolute Gasteiger partial charge is 0.410 e. The van der Waals surface area contributed by atoms with E-state index in [9.17, 15) is 19.5 Å². The lowest BCUT2D eigenvalue weighted by atomic mass is 10.1. The van der Waals surface area contributed by atoms with Crippen molar-refractivity contribution >= 4 is 18.0 Å². The van der Waals surface area contributed by atoms with Crippen LogP contribution in [0.25, 0.3) is 0 Å². The summed E-state index contributed by atoms with van der Waals surface area (Å²) in [6.45, 7) is 6.35. The molecule has 1 aliphatic heterocycles. The van der Waals surface area contributed by atoms with Crippen LogP contribution in [0.15, 0.2) is 103 Å². The molecule has 0 spiro atoms. The predicted octanol–water partition coefficient (Wildman–Crippen LogP) is 6.91. The molecule has 4 aromatic rings. The van der Waals surface area contributed by atoms with Crippen molar-refractivity contribution in [1.29, 1.82) is 0 Å². The molecule has 1 heterocycles. The number of nitrogens with zero attached hydrogens (tertiary/aromatic N) is 1. The second-order valence-corrected chi connectivity index (χ2v) is 12.8. The zero-order chi connectivity index (χ0) is 34.8. The van der Waals surface area contributed by atoms with Gasteiger partial charge in [0.2, 0.25) is 0 Å². The Balaban J connectivity index is 1.36. The Morgan fingerprint density at radius 1 is 0.796 bits per heavy atom. The molecule has 256 valence electrons. The number of rotatable bonds is 10. The Kier molecular flexibility index (Phi) is 11.4. The van der Waals surface area contributed by atoms with Crippen LogP contribution in [0.2, 0.25) is 0 Å².